The fourth-order valence-corrected chi connectivity index (χ4v) is 4.24. The molecule has 0 bridgehead atoms. The number of halogens is 1. The number of rotatable bonds is 5. The average Bonchev–Trinajstić information content (AvgIpc) is 3.53. The van der Waals surface area contributed by atoms with Crippen LogP contribution in [0.5, 0.6) is 0 Å². The maximum absolute atomic E-state index is 14.0. The summed E-state index contributed by atoms with van der Waals surface area (Å²) in [7, 11) is 0. The van der Waals surface area contributed by atoms with Crippen molar-refractivity contribution in [2.75, 3.05) is 0 Å². The maximum atomic E-state index is 14.0. The van der Waals surface area contributed by atoms with Gasteiger partial charge >= 0.3 is 0 Å². The highest BCUT2D eigenvalue weighted by Gasteiger charge is 2.11. The molecule has 5 rings (SSSR count). The zero-order valence-corrected chi connectivity index (χ0v) is 19.2. The third kappa shape index (κ3) is 4.71. The summed E-state index contributed by atoms with van der Waals surface area (Å²) in [5, 5.41) is 30.4. The summed E-state index contributed by atoms with van der Waals surface area (Å²) in [6.07, 6.45) is 11.2. The van der Waals surface area contributed by atoms with Gasteiger partial charge in [-0.25, -0.2) is 10.0 Å². The summed E-state index contributed by atoms with van der Waals surface area (Å²) < 4.78 is 15.8. The van der Waals surface area contributed by atoms with Crippen LogP contribution in [0.15, 0.2) is 93.8 Å². The third-order valence-corrected chi connectivity index (χ3v) is 5.91. The number of aromatic nitrogens is 2. The van der Waals surface area contributed by atoms with Crippen LogP contribution in [0, 0.1) is 16.4 Å². The molecule has 0 amide bonds. The van der Waals surface area contributed by atoms with Gasteiger partial charge in [-0.3, -0.25) is 5.21 Å². The van der Waals surface area contributed by atoms with Crippen LogP contribution in [0.1, 0.15) is 31.2 Å². The number of benzene rings is 2. The van der Waals surface area contributed by atoms with Crippen LogP contribution in [0.2, 0.25) is 0 Å². The molecule has 2 aliphatic heterocycles. The van der Waals surface area contributed by atoms with Crippen molar-refractivity contribution in [3.63, 3.8) is 0 Å². The van der Waals surface area contributed by atoms with Gasteiger partial charge in [0.2, 0.25) is 11.8 Å². The van der Waals surface area contributed by atoms with E-state index in [0.717, 1.165) is 56.6 Å². The normalized spacial score (nSPS) is 17.1. The zero-order valence-electron chi connectivity index (χ0n) is 19.2. The third-order valence-electron chi connectivity index (χ3n) is 5.91. The van der Waals surface area contributed by atoms with E-state index < -0.39 is 5.95 Å². The van der Waals surface area contributed by atoms with Crippen LogP contribution in [0.3, 0.4) is 0 Å². The van der Waals surface area contributed by atoms with Gasteiger partial charge in [0.25, 0.3) is 0 Å². The molecule has 0 fully saturated rings. The first-order chi connectivity index (χ1) is 17.1. The Morgan fingerprint density at radius 3 is 2.49 bits per heavy atom. The maximum Gasteiger partial charge on any atom is 0.230 e. The first kappa shape index (κ1) is 22.5. The fourth-order valence-electron chi connectivity index (χ4n) is 4.24. The van der Waals surface area contributed by atoms with Crippen molar-refractivity contribution in [1.82, 2.24) is 14.6 Å². The molecule has 3 aromatic rings. The van der Waals surface area contributed by atoms with Gasteiger partial charge in [0, 0.05) is 29.6 Å². The number of imidazole rings is 1. The Balaban J connectivity index is 1.76. The molecule has 0 saturated carbocycles. The minimum Gasteiger partial charge on any atom is -0.327 e. The fraction of sp³-hybridized carbons (Fsp3) is 0.192. The molecule has 0 spiro atoms. The van der Waals surface area contributed by atoms with Gasteiger partial charge in [-0.15, -0.1) is 10.2 Å². The Bertz CT molecular complexity index is 1590. The van der Waals surface area contributed by atoms with Crippen molar-refractivity contribution in [3.8, 4) is 0 Å². The van der Waals surface area contributed by atoms with Crippen LogP contribution in [0.4, 0.5) is 4.39 Å². The Morgan fingerprint density at radius 2 is 1.71 bits per heavy atom. The SMILES string of the molecule is CCCCc1nc(F)cn1Cc1ccc(=c2ccccc2=C2N=NN=N2)c(=C2C=CC=CN2O)c1. The lowest BCUT2D eigenvalue weighted by Gasteiger charge is -2.16. The smallest absolute Gasteiger partial charge is 0.230 e. The van der Waals surface area contributed by atoms with E-state index in [0.29, 0.717) is 18.1 Å². The summed E-state index contributed by atoms with van der Waals surface area (Å²) >= 11 is 0. The summed E-state index contributed by atoms with van der Waals surface area (Å²) in [5.74, 6) is 0.677. The van der Waals surface area contributed by atoms with Gasteiger partial charge < -0.3 is 4.57 Å². The van der Waals surface area contributed by atoms with Gasteiger partial charge in [-0.1, -0.05) is 55.8 Å². The summed E-state index contributed by atoms with van der Waals surface area (Å²) in [6, 6.07) is 13.7. The molecular weight excluding hydrogens is 445 g/mol. The predicted octanol–water partition coefficient (Wildman–Crippen LogP) is 4.48. The predicted molar refractivity (Wildman–Crippen MR) is 128 cm³/mol. The van der Waals surface area contributed by atoms with Crippen LogP contribution in [0.25, 0.3) is 11.5 Å². The van der Waals surface area contributed by atoms with Crippen molar-refractivity contribution in [2.45, 2.75) is 32.7 Å². The van der Waals surface area contributed by atoms with E-state index in [1.54, 1.807) is 12.3 Å². The molecule has 35 heavy (non-hydrogen) atoms. The number of aryl methyl sites for hydroxylation is 1. The minimum absolute atomic E-state index is 0.426. The van der Waals surface area contributed by atoms with E-state index in [1.807, 2.05) is 59.2 Å². The molecule has 0 saturated heterocycles. The van der Waals surface area contributed by atoms with Crippen LogP contribution >= 0.6 is 0 Å². The lowest BCUT2D eigenvalue weighted by atomic mass is 10.1. The van der Waals surface area contributed by atoms with Crippen molar-refractivity contribution >= 4 is 11.5 Å². The highest BCUT2D eigenvalue weighted by molar-refractivity contribution is 5.58. The van der Waals surface area contributed by atoms with Crippen LogP contribution in [-0.2, 0) is 13.0 Å². The van der Waals surface area contributed by atoms with Gasteiger partial charge in [-0.2, -0.15) is 4.39 Å². The monoisotopic (exact) mass is 469 g/mol. The Morgan fingerprint density at radius 1 is 0.943 bits per heavy atom. The number of hydrogen-bond donors (Lipinski definition) is 1. The second kappa shape index (κ2) is 9.94. The molecule has 1 aromatic heterocycles. The number of nitrogens with zero attached hydrogens (tertiary/aromatic N) is 7. The second-order valence-electron chi connectivity index (χ2n) is 8.27. The lowest BCUT2D eigenvalue weighted by Crippen LogP contribution is -2.22. The molecule has 2 aliphatic rings. The molecule has 9 heteroatoms. The summed E-state index contributed by atoms with van der Waals surface area (Å²) in [5.41, 5.74) is 1.56. The molecule has 176 valence electrons. The first-order valence-electron chi connectivity index (χ1n) is 11.5. The molecule has 0 aliphatic carbocycles. The number of unbranched alkanes of at least 4 members (excludes halogenated alkanes) is 1. The van der Waals surface area contributed by atoms with Gasteiger partial charge in [0.15, 0.2) is 0 Å². The highest BCUT2D eigenvalue weighted by Crippen LogP contribution is 2.13. The van der Waals surface area contributed by atoms with Crippen molar-refractivity contribution in [1.29, 1.82) is 0 Å². The average molecular weight is 470 g/mol. The number of hydrogen-bond acceptors (Lipinski definition) is 7. The minimum atomic E-state index is -0.477. The highest BCUT2D eigenvalue weighted by atomic mass is 19.1. The molecule has 0 radical (unpaired) electrons. The summed E-state index contributed by atoms with van der Waals surface area (Å²) in [6.45, 7) is 2.56. The Labute approximate surface area is 200 Å². The Kier molecular flexibility index (Phi) is 6.40. The molecular formula is C26H24FN7O. The number of allylic oxidation sites excluding steroid dienone is 2. The standard InChI is InChI=1S/C26H24FN7O/c1-2-3-11-25-28-24(27)17-33(25)16-18-12-13-20(22(15-18)23-10-6-7-14-34(23)35)19-8-4-5-9-21(19)26-29-31-32-30-26/h4-10,12-15,17,35H,2-3,11,16H2,1H3. The van der Waals surface area contributed by atoms with Crippen molar-refractivity contribution in [2.24, 2.45) is 20.7 Å². The Hall–Kier alpha value is -4.24. The van der Waals surface area contributed by atoms with E-state index >= 15 is 0 Å². The van der Waals surface area contributed by atoms with E-state index in [9.17, 15) is 9.60 Å². The molecule has 3 heterocycles. The second-order valence-corrected chi connectivity index (χ2v) is 8.27. The van der Waals surface area contributed by atoms with Gasteiger partial charge in [0.05, 0.1) is 11.9 Å². The van der Waals surface area contributed by atoms with E-state index in [4.69, 9.17) is 0 Å². The molecule has 0 atom stereocenters. The van der Waals surface area contributed by atoms with E-state index in [2.05, 4.69) is 32.6 Å². The van der Waals surface area contributed by atoms with Crippen LogP contribution in [-0.4, -0.2) is 19.8 Å². The lowest BCUT2D eigenvalue weighted by molar-refractivity contribution is 0.0241. The molecule has 2 aromatic carbocycles. The van der Waals surface area contributed by atoms with Gasteiger partial charge in [-0.05, 0) is 51.1 Å². The molecule has 8 nitrogen and oxygen atoms in total. The summed E-state index contributed by atoms with van der Waals surface area (Å²) in [4.78, 5) is 4.07. The van der Waals surface area contributed by atoms with Crippen LogP contribution < -0.4 is 10.4 Å². The van der Waals surface area contributed by atoms with Crippen molar-refractivity contribution < 1.29 is 9.60 Å². The molecule has 0 unspecified atom stereocenters. The molecule has 1 N–H and O–H groups in total. The van der Waals surface area contributed by atoms with Crippen molar-refractivity contribution in [3.05, 3.63) is 111 Å². The zero-order chi connectivity index (χ0) is 24.2. The van der Waals surface area contributed by atoms with E-state index in [-0.39, 0.29) is 0 Å². The van der Waals surface area contributed by atoms with Gasteiger partial charge in [0.1, 0.15) is 5.82 Å². The first-order valence-corrected chi connectivity index (χ1v) is 11.5. The topological polar surface area (TPSA) is 90.7 Å². The van der Waals surface area contributed by atoms with E-state index in [1.165, 1.54) is 6.20 Å². The number of hydroxylamine groups is 2. The quantitative estimate of drug-likeness (QED) is 0.597. The largest absolute Gasteiger partial charge is 0.327 e.